The Balaban J connectivity index is 0.00000144. The maximum Gasteiger partial charge on any atom is 0.316 e. The third-order valence-corrected chi connectivity index (χ3v) is 1.62. The third kappa shape index (κ3) is 2.42. The fourth-order valence-corrected chi connectivity index (χ4v) is 0.883. The monoisotopic (exact) mass is 222 g/mol. The first-order valence-corrected chi connectivity index (χ1v) is 3.32. The van der Waals surface area contributed by atoms with Gasteiger partial charge < -0.3 is 4.74 Å². The summed E-state index contributed by atoms with van der Waals surface area (Å²) in [5.74, 6) is -4.16. The summed E-state index contributed by atoms with van der Waals surface area (Å²) in [7, 11) is 1.13. The number of ether oxygens (including phenoxy) is 1. The van der Waals surface area contributed by atoms with Crippen molar-refractivity contribution in [2.75, 3.05) is 7.11 Å². The standard InChI is InChI=1S/C7H4ClF3O.Mg.2H/c1-12-4-2-3(9)6(10)5(8)7(4)11;;;/h2H,1H3;;;. The van der Waals surface area contributed by atoms with Crippen LogP contribution in [0.2, 0.25) is 5.02 Å². The predicted octanol–water partition coefficient (Wildman–Crippen LogP) is 1.85. The molecular formula is C7H6ClF3MgO. The maximum atomic E-state index is 12.8. The van der Waals surface area contributed by atoms with Gasteiger partial charge in [0.25, 0.3) is 0 Å². The number of halogens is 4. The lowest BCUT2D eigenvalue weighted by atomic mass is 10.3. The van der Waals surface area contributed by atoms with Gasteiger partial charge in [-0.15, -0.1) is 0 Å². The van der Waals surface area contributed by atoms with Crippen LogP contribution in [0.1, 0.15) is 0 Å². The van der Waals surface area contributed by atoms with E-state index in [1.807, 2.05) is 0 Å². The van der Waals surface area contributed by atoms with Crippen LogP contribution in [-0.4, -0.2) is 30.2 Å². The number of hydrogen-bond donors (Lipinski definition) is 0. The molecule has 0 aliphatic heterocycles. The van der Waals surface area contributed by atoms with E-state index < -0.39 is 28.2 Å². The van der Waals surface area contributed by atoms with Gasteiger partial charge in [0.05, 0.1) is 7.11 Å². The van der Waals surface area contributed by atoms with E-state index in [0.29, 0.717) is 6.07 Å². The molecule has 0 heterocycles. The van der Waals surface area contributed by atoms with Crippen molar-refractivity contribution in [2.24, 2.45) is 0 Å². The van der Waals surface area contributed by atoms with Crippen molar-refractivity contribution < 1.29 is 17.9 Å². The zero-order chi connectivity index (χ0) is 9.30. The van der Waals surface area contributed by atoms with Gasteiger partial charge in [-0.25, -0.2) is 13.2 Å². The number of rotatable bonds is 1. The third-order valence-electron chi connectivity index (χ3n) is 1.29. The highest BCUT2D eigenvalue weighted by molar-refractivity contribution is 6.31. The SMILES string of the molecule is COc1cc(F)c(F)c(Cl)c1F.[MgH2]. The summed E-state index contributed by atoms with van der Waals surface area (Å²) >= 11 is 5.10. The van der Waals surface area contributed by atoms with Crippen molar-refractivity contribution in [3.63, 3.8) is 0 Å². The number of methoxy groups -OCH3 is 1. The molecule has 6 heteroatoms. The quantitative estimate of drug-likeness (QED) is 0.401. The highest BCUT2D eigenvalue weighted by atomic mass is 35.5. The van der Waals surface area contributed by atoms with Crippen LogP contribution in [0.15, 0.2) is 6.07 Å². The molecule has 0 aromatic heterocycles. The van der Waals surface area contributed by atoms with Gasteiger partial charge in [-0.3, -0.25) is 0 Å². The molecule has 0 radical (unpaired) electrons. The van der Waals surface area contributed by atoms with Crippen LogP contribution < -0.4 is 4.74 Å². The summed E-state index contributed by atoms with van der Waals surface area (Å²) < 4.78 is 42.2. The molecule has 13 heavy (non-hydrogen) atoms. The van der Waals surface area contributed by atoms with E-state index in [1.165, 1.54) is 0 Å². The first kappa shape index (κ1) is 12.9. The topological polar surface area (TPSA) is 9.23 Å². The average Bonchev–Trinajstić information content (AvgIpc) is 2.08. The molecule has 0 saturated carbocycles. The van der Waals surface area contributed by atoms with Crippen molar-refractivity contribution >= 4 is 34.7 Å². The largest absolute Gasteiger partial charge is 0.494 e. The van der Waals surface area contributed by atoms with Crippen LogP contribution in [0.5, 0.6) is 5.75 Å². The van der Waals surface area contributed by atoms with Crippen molar-refractivity contribution in [3.05, 3.63) is 28.5 Å². The lowest BCUT2D eigenvalue weighted by Gasteiger charge is -2.03. The van der Waals surface area contributed by atoms with E-state index in [9.17, 15) is 13.2 Å². The van der Waals surface area contributed by atoms with Crippen LogP contribution in [0, 0.1) is 17.5 Å². The smallest absolute Gasteiger partial charge is 0.316 e. The average molecular weight is 223 g/mol. The summed E-state index contributed by atoms with van der Waals surface area (Å²) in [5.41, 5.74) is 0. The Morgan fingerprint density at radius 1 is 1.23 bits per heavy atom. The molecule has 0 aliphatic rings. The first-order chi connectivity index (χ1) is 5.57. The van der Waals surface area contributed by atoms with Crippen LogP contribution >= 0.6 is 11.6 Å². The molecule has 1 aromatic carbocycles. The van der Waals surface area contributed by atoms with E-state index in [2.05, 4.69) is 4.74 Å². The molecule has 0 bridgehead atoms. The van der Waals surface area contributed by atoms with Gasteiger partial charge in [0.15, 0.2) is 23.2 Å². The normalized spacial score (nSPS) is 9.31. The van der Waals surface area contributed by atoms with Gasteiger partial charge >= 0.3 is 23.1 Å². The molecule has 0 atom stereocenters. The Hall–Kier alpha value is -0.134. The van der Waals surface area contributed by atoms with Gasteiger partial charge in [-0.05, 0) is 0 Å². The molecule has 0 N–H and O–H groups in total. The Kier molecular flexibility index (Phi) is 4.87. The van der Waals surface area contributed by atoms with Gasteiger partial charge in [0.1, 0.15) is 5.02 Å². The molecule has 0 unspecified atom stereocenters. The Bertz CT molecular complexity index is 319. The molecule has 1 nitrogen and oxygen atoms in total. The van der Waals surface area contributed by atoms with E-state index >= 15 is 0 Å². The van der Waals surface area contributed by atoms with Gasteiger partial charge in [-0.1, -0.05) is 11.6 Å². The highest BCUT2D eigenvalue weighted by Gasteiger charge is 2.17. The molecular weight excluding hydrogens is 217 g/mol. The zero-order valence-electron chi connectivity index (χ0n) is 6.00. The zero-order valence-corrected chi connectivity index (χ0v) is 6.75. The van der Waals surface area contributed by atoms with Crippen molar-refractivity contribution in [2.45, 2.75) is 0 Å². The number of hydrogen-bond acceptors (Lipinski definition) is 1. The van der Waals surface area contributed by atoms with Crippen LogP contribution in [-0.2, 0) is 0 Å². The molecule has 0 amide bonds. The van der Waals surface area contributed by atoms with E-state index in [4.69, 9.17) is 11.6 Å². The molecule has 70 valence electrons. The second kappa shape index (κ2) is 4.93. The molecule has 1 aromatic rings. The van der Waals surface area contributed by atoms with E-state index in [-0.39, 0.29) is 23.1 Å². The van der Waals surface area contributed by atoms with Crippen LogP contribution in [0.25, 0.3) is 0 Å². The summed E-state index contributed by atoms with van der Waals surface area (Å²) in [6.45, 7) is 0. The van der Waals surface area contributed by atoms with E-state index in [0.717, 1.165) is 7.11 Å². The summed E-state index contributed by atoms with van der Waals surface area (Å²) in [6, 6.07) is 0.594. The van der Waals surface area contributed by atoms with Crippen molar-refractivity contribution in [1.82, 2.24) is 0 Å². The molecule has 0 spiro atoms. The minimum atomic E-state index is -1.41. The number of benzene rings is 1. The van der Waals surface area contributed by atoms with Gasteiger partial charge in [-0.2, -0.15) is 0 Å². The summed E-state index contributed by atoms with van der Waals surface area (Å²) in [4.78, 5) is 0. The second-order valence-electron chi connectivity index (χ2n) is 2.00. The lowest BCUT2D eigenvalue weighted by molar-refractivity contribution is 0.376. The Morgan fingerprint density at radius 2 is 1.77 bits per heavy atom. The minimum absolute atomic E-state index is 0. The van der Waals surface area contributed by atoms with Crippen LogP contribution in [0.3, 0.4) is 0 Å². The maximum absolute atomic E-state index is 12.8. The second-order valence-corrected chi connectivity index (χ2v) is 2.38. The fourth-order valence-electron chi connectivity index (χ4n) is 0.700. The molecule has 1 rings (SSSR count). The first-order valence-electron chi connectivity index (χ1n) is 2.95. The molecule has 0 aliphatic carbocycles. The summed E-state index contributed by atoms with van der Waals surface area (Å²) in [6.07, 6.45) is 0. The Labute approximate surface area is 94.0 Å². The highest BCUT2D eigenvalue weighted by Crippen LogP contribution is 2.28. The minimum Gasteiger partial charge on any atom is -0.494 e. The molecule has 0 saturated heterocycles. The predicted molar refractivity (Wildman–Crippen MR) is 46.4 cm³/mol. The van der Waals surface area contributed by atoms with Crippen LogP contribution in [0.4, 0.5) is 13.2 Å². The summed E-state index contributed by atoms with van der Waals surface area (Å²) in [5, 5.41) is -0.896. The van der Waals surface area contributed by atoms with Crippen molar-refractivity contribution in [3.8, 4) is 5.75 Å². The Morgan fingerprint density at radius 3 is 2.23 bits per heavy atom. The fraction of sp³-hybridized carbons (Fsp3) is 0.143. The van der Waals surface area contributed by atoms with Gasteiger partial charge in [0.2, 0.25) is 0 Å². The lowest BCUT2D eigenvalue weighted by Crippen LogP contribution is -1.94. The van der Waals surface area contributed by atoms with Crippen molar-refractivity contribution in [1.29, 1.82) is 0 Å². The van der Waals surface area contributed by atoms with Gasteiger partial charge in [0, 0.05) is 6.07 Å². The van der Waals surface area contributed by atoms with E-state index in [1.54, 1.807) is 0 Å². The molecule has 0 fully saturated rings.